The fraction of sp³-hybridized carbons (Fsp3) is 0.227. The molecular formula is C22H19N5O. The highest BCUT2D eigenvalue weighted by molar-refractivity contribution is 6.05. The van der Waals surface area contributed by atoms with Crippen molar-refractivity contribution in [3.63, 3.8) is 0 Å². The van der Waals surface area contributed by atoms with E-state index >= 15 is 0 Å². The molecule has 3 heterocycles. The van der Waals surface area contributed by atoms with Gasteiger partial charge in [-0.3, -0.25) is 4.79 Å². The fourth-order valence-corrected chi connectivity index (χ4v) is 4.16. The van der Waals surface area contributed by atoms with Gasteiger partial charge in [0.15, 0.2) is 0 Å². The molecule has 1 saturated carbocycles. The second-order valence-corrected chi connectivity index (χ2v) is 7.30. The predicted octanol–water partition coefficient (Wildman–Crippen LogP) is 4.53. The Morgan fingerprint density at radius 2 is 2.04 bits per heavy atom. The smallest absolute Gasteiger partial charge is 0.257 e. The monoisotopic (exact) mass is 369 g/mol. The molecule has 28 heavy (non-hydrogen) atoms. The number of hydrogen-bond acceptors (Lipinski definition) is 3. The molecule has 1 N–H and O–H groups in total. The number of carbonyl (C=O) groups excluding carboxylic acids is 1. The van der Waals surface area contributed by atoms with Gasteiger partial charge >= 0.3 is 0 Å². The van der Waals surface area contributed by atoms with Crippen LogP contribution < -0.4 is 5.32 Å². The van der Waals surface area contributed by atoms with Crippen LogP contribution in [-0.4, -0.2) is 19.9 Å². The van der Waals surface area contributed by atoms with Crippen molar-refractivity contribution in [2.45, 2.75) is 31.7 Å². The number of nitriles is 1. The van der Waals surface area contributed by atoms with Gasteiger partial charge in [0.25, 0.3) is 5.91 Å². The zero-order valence-electron chi connectivity index (χ0n) is 15.3. The van der Waals surface area contributed by atoms with E-state index in [1.54, 1.807) is 18.5 Å². The number of rotatable bonds is 3. The number of carbonyl (C=O) groups is 1. The summed E-state index contributed by atoms with van der Waals surface area (Å²) in [6.07, 6.45) is 12.0. The number of amides is 1. The van der Waals surface area contributed by atoms with Crippen molar-refractivity contribution in [3.8, 4) is 6.07 Å². The van der Waals surface area contributed by atoms with Crippen LogP contribution in [0, 0.1) is 11.3 Å². The van der Waals surface area contributed by atoms with Crippen molar-refractivity contribution in [3.05, 3.63) is 66.2 Å². The van der Waals surface area contributed by atoms with Gasteiger partial charge in [-0.2, -0.15) is 5.26 Å². The molecule has 0 spiro atoms. The lowest BCUT2D eigenvalue weighted by molar-refractivity contribution is 0.102. The van der Waals surface area contributed by atoms with Crippen LogP contribution >= 0.6 is 0 Å². The van der Waals surface area contributed by atoms with Crippen LogP contribution in [0.25, 0.3) is 16.6 Å². The first kappa shape index (κ1) is 16.6. The zero-order chi connectivity index (χ0) is 19.1. The van der Waals surface area contributed by atoms with E-state index in [4.69, 9.17) is 0 Å². The molecule has 1 fully saturated rings. The topological polar surface area (TPSA) is 75.1 Å². The molecule has 6 heteroatoms. The summed E-state index contributed by atoms with van der Waals surface area (Å²) in [7, 11) is 0. The molecule has 0 bridgehead atoms. The Morgan fingerprint density at radius 1 is 1.18 bits per heavy atom. The third-order valence-corrected chi connectivity index (χ3v) is 5.58. The molecule has 138 valence electrons. The molecule has 6 nitrogen and oxygen atoms in total. The van der Waals surface area contributed by atoms with Crippen LogP contribution in [0.15, 0.2) is 55.1 Å². The Bertz CT molecular complexity index is 1240. The molecule has 0 aliphatic heterocycles. The molecule has 0 unspecified atom stereocenters. The van der Waals surface area contributed by atoms with Crippen LogP contribution in [0.5, 0.6) is 0 Å². The molecule has 5 rings (SSSR count). The Labute approximate surface area is 162 Å². The Morgan fingerprint density at radius 3 is 2.86 bits per heavy atom. The van der Waals surface area contributed by atoms with E-state index in [0.29, 0.717) is 22.9 Å². The van der Waals surface area contributed by atoms with Gasteiger partial charge < -0.3 is 14.3 Å². The van der Waals surface area contributed by atoms with Gasteiger partial charge in [-0.25, -0.2) is 4.98 Å². The van der Waals surface area contributed by atoms with Crippen LogP contribution in [-0.2, 0) is 0 Å². The summed E-state index contributed by atoms with van der Waals surface area (Å²) in [5.74, 6) is -0.191. The van der Waals surface area contributed by atoms with Crippen molar-refractivity contribution in [2.24, 2.45) is 0 Å². The van der Waals surface area contributed by atoms with Gasteiger partial charge in [0.05, 0.1) is 11.1 Å². The third-order valence-electron chi connectivity index (χ3n) is 5.58. The maximum Gasteiger partial charge on any atom is 0.257 e. The second-order valence-electron chi connectivity index (χ2n) is 7.30. The standard InChI is InChI=1S/C22H19N5O/c23-12-16-14-27(18-3-1-2-4-18)20-7-6-17(11-19(16)20)25-22(28)15-5-8-21-24-9-10-26(21)13-15/h5-11,13-14,18H,1-4H2,(H,25,28). The summed E-state index contributed by atoms with van der Waals surface area (Å²) in [6, 6.07) is 12.1. The van der Waals surface area contributed by atoms with Crippen molar-refractivity contribution in [1.82, 2.24) is 14.0 Å². The SMILES string of the molecule is N#Cc1cn(C2CCCC2)c2ccc(NC(=O)c3ccc4nccn4c3)cc12. The summed E-state index contributed by atoms with van der Waals surface area (Å²) in [6.45, 7) is 0. The number of aromatic nitrogens is 3. The van der Waals surface area contributed by atoms with Crippen molar-refractivity contribution in [2.75, 3.05) is 5.32 Å². The molecule has 1 aromatic carbocycles. The summed E-state index contributed by atoms with van der Waals surface area (Å²) in [5.41, 5.74) is 3.74. The van der Waals surface area contributed by atoms with Crippen LogP contribution in [0.3, 0.4) is 0 Å². The lowest BCUT2D eigenvalue weighted by atomic mass is 10.1. The van der Waals surface area contributed by atoms with E-state index in [1.165, 1.54) is 12.8 Å². The molecule has 0 saturated heterocycles. The lowest BCUT2D eigenvalue weighted by Crippen LogP contribution is -2.12. The number of fused-ring (bicyclic) bond motifs is 2. The van der Waals surface area contributed by atoms with Crippen molar-refractivity contribution in [1.29, 1.82) is 5.26 Å². The predicted molar refractivity (Wildman–Crippen MR) is 107 cm³/mol. The van der Waals surface area contributed by atoms with Crippen molar-refractivity contribution >= 4 is 28.1 Å². The van der Waals surface area contributed by atoms with Gasteiger partial charge in [0, 0.05) is 47.4 Å². The quantitative estimate of drug-likeness (QED) is 0.576. The Balaban J connectivity index is 1.47. The third kappa shape index (κ3) is 2.72. The minimum absolute atomic E-state index is 0.191. The summed E-state index contributed by atoms with van der Waals surface area (Å²) in [5, 5.41) is 13.4. The average molecular weight is 369 g/mol. The van der Waals surface area contributed by atoms with Gasteiger partial charge in [-0.05, 0) is 43.2 Å². The molecular weight excluding hydrogens is 350 g/mol. The van der Waals surface area contributed by atoms with Gasteiger partial charge in [-0.1, -0.05) is 12.8 Å². The number of imidazole rings is 1. The van der Waals surface area contributed by atoms with Gasteiger partial charge in [0.2, 0.25) is 0 Å². The first-order valence-electron chi connectivity index (χ1n) is 9.52. The van der Waals surface area contributed by atoms with E-state index < -0.39 is 0 Å². The molecule has 4 aromatic rings. The van der Waals surface area contributed by atoms with Crippen molar-refractivity contribution < 1.29 is 4.79 Å². The van der Waals surface area contributed by atoms with Gasteiger partial charge in [-0.15, -0.1) is 0 Å². The second kappa shape index (κ2) is 6.54. The Hall–Kier alpha value is -3.59. The number of anilines is 1. The van der Waals surface area contributed by atoms with Crippen LogP contribution in [0.4, 0.5) is 5.69 Å². The number of nitrogens with one attached hydrogen (secondary N) is 1. The number of benzene rings is 1. The fourth-order valence-electron chi connectivity index (χ4n) is 4.16. The molecule has 0 radical (unpaired) electrons. The summed E-state index contributed by atoms with van der Waals surface area (Å²) >= 11 is 0. The van der Waals surface area contributed by atoms with Crippen LogP contribution in [0.1, 0.15) is 47.6 Å². The largest absolute Gasteiger partial charge is 0.343 e. The highest BCUT2D eigenvalue weighted by Crippen LogP contribution is 2.35. The number of hydrogen-bond donors (Lipinski definition) is 1. The zero-order valence-corrected chi connectivity index (χ0v) is 15.3. The molecule has 1 aliphatic rings. The van der Waals surface area contributed by atoms with E-state index in [9.17, 15) is 10.1 Å². The maximum atomic E-state index is 12.7. The van der Waals surface area contributed by atoms with E-state index in [-0.39, 0.29) is 5.91 Å². The molecule has 1 amide bonds. The van der Waals surface area contributed by atoms with E-state index in [0.717, 1.165) is 29.4 Å². The van der Waals surface area contributed by atoms with Gasteiger partial charge in [0.1, 0.15) is 11.7 Å². The minimum Gasteiger partial charge on any atom is -0.343 e. The number of pyridine rings is 1. The highest BCUT2D eigenvalue weighted by atomic mass is 16.1. The highest BCUT2D eigenvalue weighted by Gasteiger charge is 2.20. The lowest BCUT2D eigenvalue weighted by Gasteiger charge is -2.13. The Kier molecular flexibility index (Phi) is 3.87. The molecule has 3 aromatic heterocycles. The van der Waals surface area contributed by atoms with E-state index in [1.807, 2.05) is 41.1 Å². The maximum absolute atomic E-state index is 12.7. The normalized spacial score (nSPS) is 14.5. The number of nitrogens with zero attached hydrogens (tertiary/aromatic N) is 4. The van der Waals surface area contributed by atoms with Crippen LogP contribution in [0.2, 0.25) is 0 Å². The van der Waals surface area contributed by atoms with E-state index in [2.05, 4.69) is 20.9 Å². The summed E-state index contributed by atoms with van der Waals surface area (Å²) < 4.78 is 4.05. The minimum atomic E-state index is -0.191. The molecule has 0 atom stereocenters. The first-order valence-corrected chi connectivity index (χ1v) is 9.52. The first-order chi connectivity index (χ1) is 13.7. The summed E-state index contributed by atoms with van der Waals surface area (Å²) in [4.78, 5) is 16.9. The molecule has 1 aliphatic carbocycles. The average Bonchev–Trinajstić information content (AvgIpc) is 3.45.